The minimum atomic E-state index is -0.494. The molecular formula is C14H19BN2O3. The van der Waals surface area contributed by atoms with Crippen LogP contribution in [0.2, 0.25) is 0 Å². The Bertz CT molecular complexity index is 539. The first-order chi connectivity index (χ1) is 9.21. The number of amides is 1. The van der Waals surface area contributed by atoms with Crippen molar-refractivity contribution in [2.45, 2.75) is 38.9 Å². The first kappa shape index (κ1) is 14.7. The summed E-state index contributed by atoms with van der Waals surface area (Å²) < 4.78 is 11.9. The van der Waals surface area contributed by atoms with Gasteiger partial charge >= 0.3 is 7.12 Å². The van der Waals surface area contributed by atoms with E-state index in [1.165, 1.54) is 6.08 Å². The number of hydrogen-bond acceptors (Lipinski definition) is 4. The minimum absolute atomic E-state index is 0.392. The van der Waals surface area contributed by atoms with E-state index in [4.69, 9.17) is 15.0 Å². The highest BCUT2D eigenvalue weighted by atomic mass is 16.7. The number of primary amides is 1. The molecule has 0 bridgehead atoms. The lowest BCUT2D eigenvalue weighted by molar-refractivity contribution is -0.113. The Hall–Kier alpha value is -1.66. The lowest BCUT2D eigenvalue weighted by Gasteiger charge is -2.32. The summed E-state index contributed by atoms with van der Waals surface area (Å²) in [6, 6.07) is 1.87. The maximum atomic E-state index is 10.7. The number of nitrogens with two attached hydrogens (primary N) is 1. The van der Waals surface area contributed by atoms with E-state index < -0.39 is 24.2 Å². The molecule has 0 radical (unpaired) electrons. The molecule has 1 aromatic rings. The van der Waals surface area contributed by atoms with E-state index >= 15 is 0 Å². The Kier molecular flexibility index (Phi) is 3.71. The Morgan fingerprint density at radius 1 is 1.25 bits per heavy atom. The standard InChI is InChI=1S/C14H19BN2O3/c1-13(2)14(3,4)20-15(19-13)11-7-10(8-17-9-11)5-6-12(16)18/h5-9H,1-4H3,(H2,16,18). The molecule has 1 aromatic heterocycles. The first-order valence-electron chi connectivity index (χ1n) is 6.49. The van der Waals surface area contributed by atoms with Crippen molar-refractivity contribution in [1.29, 1.82) is 0 Å². The average Bonchev–Trinajstić information content (AvgIpc) is 2.56. The van der Waals surface area contributed by atoms with Crippen LogP contribution in [0.3, 0.4) is 0 Å². The molecule has 2 heterocycles. The zero-order valence-electron chi connectivity index (χ0n) is 12.2. The Labute approximate surface area is 119 Å². The van der Waals surface area contributed by atoms with Crippen LogP contribution in [0, 0.1) is 0 Å². The Morgan fingerprint density at radius 3 is 2.40 bits per heavy atom. The molecule has 0 spiro atoms. The number of nitrogens with zero attached hydrogens (tertiary/aromatic N) is 1. The van der Waals surface area contributed by atoms with Gasteiger partial charge in [-0.2, -0.15) is 0 Å². The van der Waals surface area contributed by atoms with E-state index in [9.17, 15) is 4.79 Å². The summed E-state index contributed by atoms with van der Waals surface area (Å²) in [6.07, 6.45) is 6.26. The van der Waals surface area contributed by atoms with Gasteiger partial charge in [-0.3, -0.25) is 9.78 Å². The number of carbonyl (C=O) groups is 1. The smallest absolute Gasteiger partial charge is 0.399 e. The summed E-state index contributed by atoms with van der Waals surface area (Å²) in [6.45, 7) is 7.99. The second kappa shape index (κ2) is 5.03. The fourth-order valence-corrected chi connectivity index (χ4v) is 1.85. The fraction of sp³-hybridized carbons (Fsp3) is 0.429. The molecule has 1 amide bonds. The SMILES string of the molecule is CC1(C)OB(c2cncc(C=CC(N)=O)c2)OC1(C)C. The molecule has 0 aliphatic carbocycles. The van der Waals surface area contributed by atoms with E-state index in [1.54, 1.807) is 18.5 Å². The molecule has 1 saturated heterocycles. The van der Waals surface area contributed by atoms with E-state index in [-0.39, 0.29) is 0 Å². The zero-order chi connectivity index (χ0) is 15.0. The molecule has 20 heavy (non-hydrogen) atoms. The molecule has 5 nitrogen and oxygen atoms in total. The topological polar surface area (TPSA) is 74.4 Å². The van der Waals surface area contributed by atoms with Crippen molar-refractivity contribution in [2.24, 2.45) is 5.73 Å². The van der Waals surface area contributed by atoms with Crippen LogP contribution in [0.1, 0.15) is 33.3 Å². The Balaban J connectivity index is 2.23. The highest BCUT2D eigenvalue weighted by Crippen LogP contribution is 2.36. The molecule has 0 aromatic carbocycles. The highest BCUT2D eigenvalue weighted by Gasteiger charge is 2.51. The molecule has 1 aliphatic heterocycles. The van der Waals surface area contributed by atoms with Gasteiger partial charge in [0.25, 0.3) is 0 Å². The third-order valence-electron chi connectivity index (χ3n) is 3.75. The van der Waals surface area contributed by atoms with Gasteiger partial charge in [0.2, 0.25) is 5.91 Å². The van der Waals surface area contributed by atoms with Crippen LogP contribution >= 0.6 is 0 Å². The van der Waals surface area contributed by atoms with Gasteiger partial charge in [0.05, 0.1) is 11.2 Å². The van der Waals surface area contributed by atoms with Gasteiger partial charge in [-0.15, -0.1) is 0 Å². The maximum Gasteiger partial charge on any atom is 0.496 e. The zero-order valence-corrected chi connectivity index (χ0v) is 12.2. The van der Waals surface area contributed by atoms with Gasteiger partial charge < -0.3 is 15.0 Å². The quantitative estimate of drug-likeness (QED) is 0.655. The number of rotatable bonds is 3. The second-order valence-corrected chi connectivity index (χ2v) is 5.88. The molecule has 0 atom stereocenters. The summed E-state index contributed by atoms with van der Waals surface area (Å²) in [4.78, 5) is 14.9. The van der Waals surface area contributed by atoms with Crippen LogP contribution < -0.4 is 11.2 Å². The molecule has 1 fully saturated rings. The molecule has 0 unspecified atom stereocenters. The monoisotopic (exact) mass is 274 g/mol. The minimum Gasteiger partial charge on any atom is -0.399 e. The van der Waals surface area contributed by atoms with Gasteiger partial charge in [0.1, 0.15) is 0 Å². The van der Waals surface area contributed by atoms with Crippen molar-refractivity contribution in [2.75, 3.05) is 0 Å². The number of hydrogen-bond donors (Lipinski definition) is 1. The average molecular weight is 274 g/mol. The third kappa shape index (κ3) is 2.91. The molecule has 106 valence electrons. The number of pyridine rings is 1. The molecule has 0 saturated carbocycles. The van der Waals surface area contributed by atoms with Gasteiger partial charge in [-0.1, -0.05) is 6.07 Å². The second-order valence-electron chi connectivity index (χ2n) is 5.88. The molecule has 6 heteroatoms. The summed E-state index contributed by atoms with van der Waals surface area (Å²) in [7, 11) is -0.463. The van der Waals surface area contributed by atoms with Crippen molar-refractivity contribution < 1.29 is 14.1 Å². The van der Waals surface area contributed by atoms with E-state index in [1.807, 2.05) is 33.8 Å². The summed E-state index contributed by atoms with van der Waals surface area (Å²) in [5, 5.41) is 0. The summed E-state index contributed by atoms with van der Waals surface area (Å²) in [5.41, 5.74) is 5.88. The van der Waals surface area contributed by atoms with Crippen molar-refractivity contribution >= 4 is 24.6 Å². The van der Waals surface area contributed by atoms with Crippen LogP contribution in [0.15, 0.2) is 24.5 Å². The van der Waals surface area contributed by atoms with Gasteiger partial charge in [-0.05, 0) is 39.3 Å². The van der Waals surface area contributed by atoms with Crippen molar-refractivity contribution in [3.63, 3.8) is 0 Å². The van der Waals surface area contributed by atoms with Crippen LogP contribution in [-0.2, 0) is 14.1 Å². The number of carbonyl (C=O) groups excluding carboxylic acids is 1. The highest BCUT2D eigenvalue weighted by molar-refractivity contribution is 6.62. The van der Waals surface area contributed by atoms with E-state index in [2.05, 4.69) is 4.98 Å². The summed E-state index contributed by atoms with van der Waals surface area (Å²) >= 11 is 0. The van der Waals surface area contributed by atoms with Crippen molar-refractivity contribution in [3.8, 4) is 0 Å². The molecule has 2 N–H and O–H groups in total. The first-order valence-corrected chi connectivity index (χ1v) is 6.49. The normalized spacial score (nSPS) is 20.5. The van der Waals surface area contributed by atoms with Crippen LogP contribution in [0.25, 0.3) is 6.08 Å². The van der Waals surface area contributed by atoms with Crippen LogP contribution in [0.4, 0.5) is 0 Å². The van der Waals surface area contributed by atoms with Crippen molar-refractivity contribution in [3.05, 3.63) is 30.1 Å². The molecular weight excluding hydrogens is 255 g/mol. The summed E-state index contributed by atoms with van der Waals surface area (Å²) in [5.74, 6) is -0.494. The van der Waals surface area contributed by atoms with Gasteiger partial charge in [-0.25, -0.2) is 0 Å². The lowest BCUT2D eigenvalue weighted by atomic mass is 9.80. The van der Waals surface area contributed by atoms with Crippen LogP contribution in [-0.4, -0.2) is 29.2 Å². The third-order valence-corrected chi connectivity index (χ3v) is 3.75. The Morgan fingerprint density at radius 2 is 1.85 bits per heavy atom. The predicted octanol–water partition coefficient (Wildman–Crippen LogP) is 0.879. The largest absolute Gasteiger partial charge is 0.496 e. The maximum absolute atomic E-state index is 10.7. The molecule has 1 aliphatic rings. The predicted molar refractivity (Wildman–Crippen MR) is 78.2 cm³/mol. The van der Waals surface area contributed by atoms with Crippen LogP contribution in [0.5, 0.6) is 0 Å². The fourth-order valence-electron chi connectivity index (χ4n) is 1.85. The van der Waals surface area contributed by atoms with Gasteiger partial charge in [0, 0.05) is 23.9 Å². The van der Waals surface area contributed by atoms with E-state index in [0.29, 0.717) is 0 Å². The molecule has 2 rings (SSSR count). The van der Waals surface area contributed by atoms with E-state index in [0.717, 1.165) is 11.0 Å². The number of aromatic nitrogens is 1. The lowest BCUT2D eigenvalue weighted by Crippen LogP contribution is -2.41. The van der Waals surface area contributed by atoms with Gasteiger partial charge in [0.15, 0.2) is 0 Å². The van der Waals surface area contributed by atoms with Crippen molar-refractivity contribution in [1.82, 2.24) is 4.98 Å².